The summed E-state index contributed by atoms with van der Waals surface area (Å²) in [7, 11) is 0. The van der Waals surface area contributed by atoms with E-state index in [1.54, 1.807) is 6.07 Å². The molecule has 3 atom stereocenters. The van der Waals surface area contributed by atoms with Crippen LogP contribution in [0.3, 0.4) is 0 Å². The van der Waals surface area contributed by atoms with Gasteiger partial charge in [0.05, 0.1) is 32.0 Å². The van der Waals surface area contributed by atoms with Crippen LogP contribution in [0, 0.1) is 0 Å². The molecule has 0 spiro atoms. The van der Waals surface area contributed by atoms with Crippen LogP contribution in [0.25, 0.3) is 0 Å². The second-order valence-electron chi connectivity index (χ2n) is 9.03. The van der Waals surface area contributed by atoms with Gasteiger partial charge in [0.2, 0.25) is 0 Å². The van der Waals surface area contributed by atoms with Crippen molar-refractivity contribution in [2.75, 3.05) is 13.2 Å². The van der Waals surface area contributed by atoms with Crippen molar-refractivity contribution in [1.82, 2.24) is 0 Å². The number of aliphatic hydroxyl groups is 1. The molecule has 6 nitrogen and oxygen atoms in total. The van der Waals surface area contributed by atoms with Gasteiger partial charge in [0.1, 0.15) is 5.75 Å². The van der Waals surface area contributed by atoms with Gasteiger partial charge >= 0.3 is 5.97 Å². The summed E-state index contributed by atoms with van der Waals surface area (Å²) in [5.41, 5.74) is 2.03. The third kappa shape index (κ3) is 6.26. The highest BCUT2D eigenvalue weighted by molar-refractivity contribution is 6.31. The molecule has 0 aromatic heterocycles. The van der Waals surface area contributed by atoms with E-state index in [2.05, 4.69) is 0 Å². The first kappa shape index (κ1) is 26.2. The summed E-state index contributed by atoms with van der Waals surface area (Å²) in [5, 5.41) is 20.6. The van der Waals surface area contributed by atoms with Gasteiger partial charge in [-0.05, 0) is 53.8 Å². The number of hydrogen-bond acceptors (Lipinski definition) is 5. The maximum absolute atomic E-state index is 12.2. The Morgan fingerprint density at radius 2 is 1.83 bits per heavy atom. The van der Waals surface area contributed by atoms with Crippen molar-refractivity contribution >= 4 is 17.6 Å². The number of carboxylic acid groups (broad SMARTS) is 1. The van der Waals surface area contributed by atoms with Crippen molar-refractivity contribution in [3.63, 3.8) is 0 Å². The number of aliphatic carboxylic acids is 1. The van der Waals surface area contributed by atoms with E-state index in [4.69, 9.17) is 25.8 Å². The predicted molar refractivity (Wildman–Crippen MR) is 137 cm³/mol. The molecule has 7 heteroatoms. The SMILES string of the molecule is CCOc1ccc(Cc2cc([C@H]3C[C@@H](OCc4ccccc4)C[C@@](CO)(C(=O)O)O3)ccc2Cl)cc1. The molecule has 0 aliphatic carbocycles. The second kappa shape index (κ2) is 11.9. The lowest BCUT2D eigenvalue weighted by Crippen LogP contribution is -2.52. The lowest BCUT2D eigenvalue weighted by molar-refractivity contribution is -0.212. The molecule has 0 radical (unpaired) electrons. The molecule has 190 valence electrons. The topological polar surface area (TPSA) is 85.2 Å². The minimum atomic E-state index is -1.74. The van der Waals surface area contributed by atoms with Gasteiger partial charge in [0.15, 0.2) is 5.60 Å². The van der Waals surface area contributed by atoms with E-state index in [0.29, 0.717) is 31.1 Å². The van der Waals surface area contributed by atoms with Crippen molar-refractivity contribution in [2.45, 2.75) is 50.6 Å². The van der Waals surface area contributed by atoms with Crippen LogP contribution in [-0.2, 0) is 27.3 Å². The van der Waals surface area contributed by atoms with Crippen LogP contribution in [0.4, 0.5) is 0 Å². The van der Waals surface area contributed by atoms with Crippen LogP contribution in [-0.4, -0.2) is 41.1 Å². The van der Waals surface area contributed by atoms with Gasteiger partial charge in [0.25, 0.3) is 0 Å². The zero-order valence-corrected chi connectivity index (χ0v) is 21.0. The Hall–Kier alpha value is -2.90. The van der Waals surface area contributed by atoms with Gasteiger partial charge in [-0.3, -0.25) is 0 Å². The van der Waals surface area contributed by atoms with Crippen molar-refractivity contribution in [2.24, 2.45) is 0 Å². The molecular formula is C29H31ClO6. The maximum Gasteiger partial charge on any atom is 0.338 e. The number of aliphatic hydroxyl groups excluding tert-OH is 1. The Kier molecular flexibility index (Phi) is 8.64. The quantitative estimate of drug-likeness (QED) is 0.370. The van der Waals surface area contributed by atoms with E-state index < -0.39 is 30.4 Å². The number of halogens is 1. The van der Waals surface area contributed by atoms with Gasteiger partial charge < -0.3 is 24.4 Å². The summed E-state index contributed by atoms with van der Waals surface area (Å²) in [4.78, 5) is 12.2. The van der Waals surface area contributed by atoms with E-state index >= 15 is 0 Å². The first-order chi connectivity index (χ1) is 17.4. The second-order valence-corrected chi connectivity index (χ2v) is 9.43. The summed E-state index contributed by atoms with van der Waals surface area (Å²) in [6, 6.07) is 23.2. The summed E-state index contributed by atoms with van der Waals surface area (Å²) in [6.45, 7) is 2.26. The Morgan fingerprint density at radius 3 is 2.50 bits per heavy atom. The lowest BCUT2D eigenvalue weighted by atomic mass is 9.87. The smallest absolute Gasteiger partial charge is 0.338 e. The Bertz CT molecular complexity index is 1150. The summed E-state index contributed by atoms with van der Waals surface area (Å²) < 4.78 is 17.7. The maximum atomic E-state index is 12.2. The monoisotopic (exact) mass is 510 g/mol. The zero-order valence-electron chi connectivity index (χ0n) is 20.2. The fraction of sp³-hybridized carbons (Fsp3) is 0.345. The van der Waals surface area contributed by atoms with E-state index in [1.807, 2.05) is 73.7 Å². The lowest BCUT2D eigenvalue weighted by Gasteiger charge is -2.41. The summed E-state index contributed by atoms with van der Waals surface area (Å²) in [5.74, 6) is -0.390. The average Bonchev–Trinajstić information content (AvgIpc) is 2.90. The van der Waals surface area contributed by atoms with Crippen LogP contribution in [0.15, 0.2) is 72.8 Å². The molecule has 3 aromatic rings. The molecule has 3 aromatic carbocycles. The number of carbonyl (C=O) groups is 1. The van der Waals surface area contributed by atoms with E-state index in [0.717, 1.165) is 28.0 Å². The van der Waals surface area contributed by atoms with Gasteiger partial charge in [0, 0.05) is 17.9 Å². The summed E-state index contributed by atoms with van der Waals surface area (Å²) in [6.07, 6.45) is 0.154. The fourth-order valence-electron chi connectivity index (χ4n) is 4.51. The van der Waals surface area contributed by atoms with Crippen LogP contribution < -0.4 is 4.74 Å². The molecular weight excluding hydrogens is 480 g/mol. The molecule has 1 aliphatic heterocycles. The number of ether oxygens (including phenoxy) is 3. The normalized spacial score (nSPS) is 21.8. The van der Waals surface area contributed by atoms with E-state index in [1.165, 1.54) is 0 Å². The highest BCUT2D eigenvalue weighted by atomic mass is 35.5. The highest BCUT2D eigenvalue weighted by Gasteiger charge is 2.48. The van der Waals surface area contributed by atoms with Gasteiger partial charge in [-0.25, -0.2) is 4.79 Å². The Morgan fingerprint density at radius 1 is 1.08 bits per heavy atom. The van der Waals surface area contributed by atoms with E-state index in [9.17, 15) is 15.0 Å². The van der Waals surface area contributed by atoms with E-state index in [-0.39, 0.29) is 6.42 Å². The van der Waals surface area contributed by atoms with Crippen LogP contribution in [0.5, 0.6) is 5.75 Å². The minimum absolute atomic E-state index is 0.0643. The fourth-order valence-corrected chi connectivity index (χ4v) is 4.69. The summed E-state index contributed by atoms with van der Waals surface area (Å²) >= 11 is 6.52. The van der Waals surface area contributed by atoms with Crippen molar-refractivity contribution in [1.29, 1.82) is 0 Å². The molecule has 1 saturated heterocycles. The van der Waals surface area contributed by atoms with Crippen LogP contribution in [0.2, 0.25) is 5.02 Å². The van der Waals surface area contributed by atoms with Crippen molar-refractivity contribution in [3.8, 4) is 5.75 Å². The number of rotatable bonds is 10. The molecule has 0 amide bonds. The highest BCUT2D eigenvalue weighted by Crippen LogP contribution is 2.40. The van der Waals surface area contributed by atoms with Gasteiger partial charge in [-0.1, -0.05) is 66.2 Å². The van der Waals surface area contributed by atoms with Crippen molar-refractivity contribution in [3.05, 3.63) is 100 Å². The largest absolute Gasteiger partial charge is 0.494 e. The zero-order chi connectivity index (χ0) is 25.5. The molecule has 1 heterocycles. The average molecular weight is 511 g/mol. The molecule has 0 saturated carbocycles. The first-order valence-corrected chi connectivity index (χ1v) is 12.5. The third-order valence-electron chi connectivity index (χ3n) is 6.45. The number of hydrogen-bond donors (Lipinski definition) is 2. The van der Waals surface area contributed by atoms with Crippen LogP contribution >= 0.6 is 11.6 Å². The minimum Gasteiger partial charge on any atom is -0.494 e. The molecule has 1 aliphatic rings. The Labute approximate surface area is 216 Å². The number of carboxylic acids is 1. The Balaban J connectivity index is 1.55. The molecule has 2 N–H and O–H groups in total. The van der Waals surface area contributed by atoms with Crippen molar-refractivity contribution < 1.29 is 29.2 Å². The molecule has 0 bridgehead atoms. The molecule has 0 unspecified atom stereocenters. The third-order valence-corrected chi connectivity index (χ3v) is 6.82. The number of benzene rings is 3. The first-order valence-electron chi connectivity index (χ1n) is 12.1. The molecule has 4 rings (SSSR count). The van der Waals surface area contributed by atoms with Gasteiger partial charge in [-0.15, -0.1) is 0 Å². The molecule has 1 fully saturated rings. The molecule has 36 heavy (non-hydrogen) atoms. The van der Waals surface area contributed by atoms with Crippen LogP contribution in [0.1, 0.15) is 48.1 Å². The standard InChI is InChI=1S/C29H31ClO6/c1-2-34-24-11-8-20(9-12-24)14-23-15-22(10-13-26(23)30)27-16-25(17-29(19-31,36-27)28(32)33)35-18-21-6-4-3-5-7-21/h3-13,15,25,27,31H,2,14,16-19H2,1H3,(H,32,33)/t25-,27-,29-/m1/s1. The predicted octanol–water partition coefficient (Wildman–Crippen LogP) is 5.58. The van der Waals surface area contributed by atoms with Gasteiger partial charge in [-0.2, -0.15) is 0 Å².